The van der Waals surface area contributed by atoms with Crippen LogP contribution in [0.3, 0.4) is 0 Å². The maximum atomic E-state index is 11.8. The van der Waals surface area contributed by atoms with Gasteiger partial charge >= 0.3 is 5.97 Å². The number of esters is 1. The SMILES string of the molecule is CCOC(=O)Cc1cn(C)c2cc3c(cc12)CN(CC)C3. The zero-order valence-corrected chi connectivity index (χ0v) is 13.0. The summed E-state index contributed by atoms with van der Waals surface area (Å²) in [5.41, 5.74) is 5.06. The van der Waals surface area contributed by atoms with Crippen molar-refractivity contribution in [3.63, 3.8) is 0 Å². The molecule has 1 aromatic carbocycles. The maximum absolute atomic E-state index is 11.8. The lowest BCUT2D eigenvalue weighted by molar-refractivity contribution is -0.142. The van der Waals surface area contributed by atoms with Crippen molar-refractivity contribution in [1.29, 1.82) is 0 Å². The van der Waals surface area contributed by atoms with Gasteiger partial charge in [-0.25, -0.2) is 0 Å². The lowest BCUT2D eigenvalue weighted by Crippen LogP contribution is -2.14. The van der Waals surface area contributed by atoms with Crippen molar-refractivity contribution in [2.45, 2.75) is 33.4 Å². The van der Waals surface area contributed by atoms with Gasteiger partial charge in [-0.1, -0.05) is 6.92 Å². The fourth-order valence-electron chi connectivity index (χ4n) is 3.16. The number of benzene rings is 1. The van der Waals surface area contributed by atoms with Crippen molar-refractivity contribution in [1.82, 2.24) is 9.47 Å². The third-order valence-corrected chi connectivity index (χ3v) is 4.27. The van der Waals surface area contributed by atoms with Gasteiger partial charge in [-0.2, -0.15) is 0 Å². The Morgan fingerprint density at radius 2 is 1.95 bits per heavy atom. The molecule has 1 aliphatic rings. The van der Waals surface area contributed by atoms with Gasteiger partial charge < -0.3 is 9.30 Å². The smallest absolute Gasteiger partial charge is 0.310 e. The van der Waals surface area contributed by atoms with Crippen LogP contribution in [-0.4, -0.2) is 28.6 Å². The number of carbonyl (C=O) groups is 1. The Morgan fingerprint density at radius 3 is 2.62 bits per heavy atom. The highest BCUT2D eigenvalue weighted by Gasteiger charge is 2.20. The molecule has 0 bridgehead atoms. The molecule has 0 aliphatic carbocycles. The standard InChI is InChI=1S/C17H22N2O2/c1-4-19-10-12-6-15-14(8-17(20)21-5-2)9-18(3)16(15)7-13(12)11-19/h6-7,9H,4-5,8,10-11H2,1-3H3. The minimum Gasteiger partial charge on any atom is -0.466 e. The molecule has 2 aromatic rings. The Bertz CT molecular complexity index is 688. The number of ether oxygens (including phenoxy) is 1. The molecular weight excluding hydrogens is 264 g/mol. The molecule has 0 radical (unpaired) electrons. The minimum atomic E-state index is -0.152. The van der Waals surface area contributed by atoms with Crippen molar-refractivity contribution in [2.24, 2.45) is 7.05 Å². The molecule has 0 saturated heterocycles. The quantitative estimate of drug-likeness (QED) is 0.810. The zero-order valence-electron chi connectivity index (χ0n) is 13.0. The Morgan fingerprint density at radius 1 is 1.24 bits per heavy atom. The molecule has 1 aromatic heterocycles. The number of carbonyl (C=O) groups excluding carboxylic acids is 1. The van der Waals surface area contributed by atoms with E-state index in [1.165, 1.54) is 22.0 Å². The van der Waals surface area contributed by atoms with E-state index in [2.05, 4.69) is 28.5 Å². The highest BCUT2D eigenvalue weighted by molar-refractivity contribution is 5.89. The van der Waals surface area contributed by atoms with Gasteiger partial charge in [0.25, 0.3) is 0 Å². The lowest BCUT2D eigenvalue weighted by atomic mass is 10.0. The molecule has 0 amide bonds. The maximum Gasteiger partial charge on any atom is 0.310 e. The molecule has 0 atom stereocenters. The van der Waals surface area contributed by atoms with Crippen LogP contribution in [0.2, 0.25) is 0 Å². The second-order valence-electron chi connectivity index (χ2n) is 5.69. The first-order valence-corrected chi connectivity index (χ1v) is 7.60. The summed E-state index contributed by atoms with van der Waals surface area (Å²) in [4.78, 5) is 14.2. The predicted octanol–water partition coefficient (Wildman–Crippen LogP) is 2.62. The lowest BCUT2D eigenvalue weighted by Gasteiger charge is -2.09. The van der Waals surface area contributed by atoms with Crippen LogP contribution in [0.25, 0.3) is 10.9 Å². The molecule has 0 spiro atoms. The molecule has 2 heterocycles. The summed E-state index contributed by atoms with van der Waals surface area (Å²) in [5, 5.41) is 1.18. The van der Waals surface area contributed by atoms with Gasteiger partial charge in [0.05, 0.1) is 13.0 Å². The Hall–Kier alpha value is -1.81. The molecule has 0 unspecified atom stereocenters. The third kappa shape index (κ3) is 2.56. The number of nitrogens with zero attached hydrogens (tertiary/aromatic N) is 2. The highest BCUT2D eigenvalue weighted by Crippen LogP contribution is 2.30. The van der Waals surface area contributed by atoms with Crippen LogP contribution < -0.4 is 0 Å². The van der Waals surface area contributed by atoms with E-state index in [0.717, 1.165) is 25.2 Å². The summed E-state index contributed by atoms with van der Waals surface area (Å²) >= 11 is 0. The van der Waals surface area contributed by atoms with Crippen LogP contribution in [0.15, 0.2) is 18.3 Å². The van der Waals surface area contributed by atoms with Gasteiger partial charge in [0, 0.05) is 37.2 Å². The molecular formula is C17H22N2O2. The average molecular weight is 286 g/mol. The number of hydrogen-bond acceptors (Lipinski definition) is 3. The molecule has 1 aliphatic heterocycles. The summed E-state index contributed by atoms with van der Waals surface area (Å²) in [6.45, 7) is 7.58. The van der Waals surface area contributed by atoms with Gasteiger partial charge in [-0.3, -0.25) is 9.69 Å². The third-order valence-electron chi connectivity index (χ3n) is 4.27. The van der Waals surface area contributed by atoms with Crippen molar-refractivity contribution < 1.29 is 9.53 Å². The van der Waals surface area contributed by atoms with Crippen LogP contribution in [0.1, 0.15) is 30.5 Å². The molecule has 21 heavy (non-hydrogen) atoms. The van der Waals surface area contributed by atoms with E-state index < -0.39 is 0 Å². The van der Waals surface area contributed by atoms with Crippen LogP contribution in [0.4, 0.5) is 0 Å². The van der Waals surface area contributed by atoms with Crippen molar-refractivity contribution in [3.8, 4) is 0 Å². The van der Waals surface area contributed by atoms with E-state index in [-0.39, 0.29) is 5.97 Å². The number of hydrogen-bond donors (Lipinski definition) is 0. The monoisotopic (exact) mass is 286 g/mol. The summed E-state index contributed by atoms with van der Waals surface area (Å²) in [7, 11) is 2.04. The summed E-state index contributed by atoms with van der Waals surface area (Å²) in [6.07, 6.45) is 2.40. The summed E-state index contributed by atoms with van der Waals surface area (Å²) in [5.74, 6) is -0.152. The van der Waals surface area contributed by atoms with E-state index in [9.17, 15) is 4.79 Å². The van der Waals surface area contributed by atoms with Crippen LogP contribution in [0.5, 0.6) is 0 Å². The van der Waals surface area contributed by atoms with Crippen LogP contribution >= 0.6 is 0 Å². The molecule has 3 rings (SSSR count). The van der Waals surface area contributed by atoms with Crippen LogP contribution in [-0.2, 0) is 36.1 Å². The fourth-order valence-corrected chi connectivity index (χ4v) is 3.16. The number of fused-ring (bicyclic) bond motifs is 2. The van der Waals surface area contributed by atoms with E-state index >= 15 is 0 Å². The first kappa shape index (κ1) is 14.1. The molecule has 0 fully saturated rings. The summed E-state index contributed by atoms with van der Waals surface area (Å²) in [6, 6.07) is 4.53. The first-order chi connectivity index (χ1) is 10.1. The second-order valence-corrected chi connectivity index (χ2v) is 5.69. The van der Waals surface area contributed by atoms with E-state index in [0.29, 0.717) is 13.0 Å². The largest absolute Gasteiger partial charge is 0.466 e. The van der Waals surface area contributed by atoms with Crippen molar-refractivity contribution in [3.05, 3.63) is 35.0 Å². The fraction of sp³-hybridized carbons (Fsp3) is 0.471. The van der Waals surface area contributed by atoms with Crippen molar-refractivity contribution in [2.75, 3.05) is 13.2 Å². The van der Waals surface area contributed by atoms with E-state index in [4.69, 9.17) is 4.74 Å². The Kier molecular flexibility index (Phi) is 3.72. The second kappa shape index (κ2) is 5.53. The van der Waals surface area contributed by atoms with Crippen molar-refractivity contribution >= 4 is 16.9 Å². The van der Waals surface area contributed by atoms with Crippen LogP contribution in [0, 0.1) is 0 Å². The minimum absolute atomic E-state index is 0.152. The molecule has 4 nitrogen and oxygen atoms in total. The van der Waals surface area contributed by atoms with E-state index in [1.807, 2.05) is 20.2 Å². The van der Waals surface area contributed by atoms with E-state index in [1.54, 1.807) is 0 Å². The zero-order chi connectivity index (χ0) is 15.0. The number of aromatic nitrogens is 1. The topological polar surface area (TPSA) is 34.5 Å². The molecule has 0 N–H and O–H groups in total. The molecule has 4 heteroatoms. The summed E-state index contributed by atoms with van der Waals surface area (Å²) < 4.78 is 7.18. The van der Waals surface area contributed by atoms with Gasteiger partial charge in [-0.05, 0) is 42.3 Å². The highest BCUT2D eigenvalue weighted by atomic mass is 16.5. The Labute approximate surface area is 125 Å². The average Bonchev–Trinajstić information content (AvgIpc) is 2.99. The number of aryl methyl sites for hydroxylation is 1. The Balaban J connectivity index is 1.99. The van der Waals surface area contributed by atoms with Gasteiger partial charge in [0.15, 0.2) is 0 Å². The molecule has 0 saturated carbocycles. The normalized spacial score (nSPS) is 14.6. The van der Waals surface area contributed by atoms with Gasteiger partial charge in [0.2, 0.25) is 0 Å². The van der Waals surface area contributed by atoms with Gasteiger partial charge in [-0.15, -0.1) is 0 Å². The predicted molar refractivity (Wildman–Crippen MR) is 83.0 cm³/mol. The number of rotatable bonds is 4. The first-order valence-electron chi connectivity index (χ1n) is 7.60. The van der Waals surface area contributed by atoms with Gasteiger partial charge in [0.1, 0.15) is 0 Å². The molecule has 112 valence electrons.